The number of benzene rings is 1. The van der Waals surface area contributed by atoms with Gasteiger partial charge < -0.3 is 5.11 Å². The van der Waals surface area contributed by atoms with Crippen molar-refractivity contribution in [3.8, 4) is 0 Å². The van der Waals surface area contributed by atoms with Gasteiger partial charge in [-0.2, -0.15) is 0 Å². The summed E-state index contributed by atoms with van der Waals surface area (Å²) in [6, 6.07) is 4.67. The molecule has 0 saturated carbocycles. The van der Waals surface area contributed by atoms with Gasteiger partial charge in [0.25, 0.3) is 0 Å². The van der Waals surface area contributed by atoms with Gasteiger partial charge in [0, 0.05) is 18.0 Å². The van der Waals surface area contributed by atoms with Crippen LogP contribution in [-0.4, -0.2) is 10.1 Å². The zero-order valence-electron chi connectivity index (χ0n) is 8.85. The van der Waals surface area contributed by atoms with E-state index >= 15 is 0 Å². The first-order chi connectivity index (χ1) is 7.66. The van der Waals surface area contributed by atoms with Crippen LogP contribution in [0.4, 0.5) is 4.39 Å². The van der Waals surface area contributed by atoms with Crippen molar-refractivity contribution in [1.29, 1.82) is 0 Å². The number of aromatic nitrogens is 1. The fraction of sp³-hybridized carbons (Fsp3) is 0.250. The Morgan fingerprint density at radius 1 is 1.50 bits per heavy atom. The molecule has 0 bridgehead atoms. The fourth-order valence-corrected chi connectivity index (χ4v) is 2.17. The third-order valence-corrected chi connectivity index (χ3v) is 3.22. The summed E-state index contributed by atoms with van der Waals surface area (Å²) in [7, 11) is 0. The average molecular weight is 237 g/mol. The number of thiazole rings is 1. The van der Waals surface area contributed by atoms with E-state index < -0.39 is 6.10 Å². The minimum absolute atomic E-state index is 0.245. The number of hydrogen-bond acceptors (Lipinski definition) is 3. The van der Waals surface area contributed by atoms with Gasteiger partial charge >= 0.3 is 0 Å². The number of hydrogen-bond donors (Lipinski definition) is 1. The van der Waals surface area contributed by atoms with Crippen molar-refractivity contribution < 1.29 is 9.50 Å². The van der Waals surface area contributed by atoms with Crippen LogP contribution in [0.25, 0.3) is 0 Å². The Balaban J connectivity index is 2.14. The topological polar surface area (TPSA) is 33.1 Å². The predicted octanol–water partition coefficient (Wildman–Crippen LogP) is 2.87. The monoisotopic (exact) mass is 237 g/mol. The molecule has 0 radical (unpaired) electrons. The Morgan fingerprint density at radius 3 is 2.94 bits per heavy atom. The van der Waals surface area contributed by atoms with Crippen LogP contribution in [0.5, 0.6) is 0 Å². The fourth-order valence-electron chi connectivity index (χ4n) is 1.51. The summed E-state index contributed by atoms with van der Waals surface area (Å²) in [5, 5.41) is 12.7. The van der Waals surface area contributed by atoms with E-state index in [0.29, 0.717) is 12.0 Å². The first-order valence-corrected chi connectivity index (χ1v) is 5.87. The van der Waals surface area contributed by atoms with Crippen LogP contribution < -0.4 is 0 Å². The third kappa shape index (κ3) is 2.46. The highest BCUT2D eigenvalue weighted by Crippen LogP contribution is 2.21. The van der Waals surface area contributed by atoms with Gasteiger partial charge in [-0.15, -0.1) is 11.3 Å². The number of aliphatic hydroxyl groups is 1. The van der Waals surface area contributed by atoms with Crippen LogP contribution in [0.15, 0.2) is 29.8 Å². The summed E-state index contributed by atoms with van der Waals surface area (Å²) < 4.78 is 13.0. The molecule has 4 heteroatoms. The Labute approximate surface area is 97.4 Å². The standard InChI is InChI=1S/C12H12FNOS/c1-8-6-9(2-3-10(8)13)11(15)7-12-14-4-5-16-12/h2-6,11,15H,7H2,1H3. The minimum atomic E-state index is -0.620. The second-order valence-electron chi connectivity index (χ2n) is 3.65. The molecule has 16 heavy (non-hydrogen) atoms. The maximum atomic E-state index is 13.0. The summed E-state index contributed by atoms with van der Waals surface area (Å²) in [6.07, 6.45) is 1.57. The van der Waals surface area contributed by atoms with E-state index in [1.807, 2.05) is 5.38 Å². The van der Waals surface area contributed by atoms with E-state index in [1.165, 1.54) is 17.4 Å². The lowest BCUT2D eigenvalue weighted by Gasteiger charge is -2.10. The van der Waals surface area contributed by atoms with Crippen molar-refractivity contribution in [2.45, 2.75) is 19.4 Å². The van der Waals surface area contributed by atoms with Crippen LogP contribution in [0.1, 0.15) is 22.2 Å². The number of halogens is 1. The minimum Gasteiger partial charge on any atom is -0.388 e. The molecular weight excluding hydrogens is 225 g/mol. The van der Waals surface area contributed by atoms with Gasteiger partial charge in [0.1, 0.15) is 5.82 Å². The van der Waals surface area contributed by atoms with Gasteiger partial charge in [0.05, 0.1) is 11.1 Å². The summed E-state index contributed by atoms with van der Waals surface area (Å²) in [5.41, 5.74) is 1.28. The Hall–Kier alpha value is -1.26. The van der Waals surface area contributed by atoms with E-state index in [9.17, 15) is 9.50 Å². The van der Waals surface area contributed by atoms with Crippen LogP contribution in [-0.2, 0) is 6.42 Å². The van der Waals surface area contributed by atoms with E-state index in [1.54, 1.807) is 25.3 Å². The van der Waals surface area contributed by atoms with Crippen molar-refractivity contribution in [3.63, 3.8) is 0 Å². The maximum Gasteiger partial charge on any atom is 0.126 e. The van der Waals surface area contributed by atoms with E-state index in [4.69, 9.17) is 0 Å². The summed E-state index contributed by atoms with van der Waals surface area (Å²) in [4.78, 5) is 4.11. The largest absolute Gasteiger partial charge is 0.388 e. The first kappa shape index (κ1) is 11.2. The molecule has 1 heterocycles. The second-order valence-corrected chi connectivity index (χ2v) is 4.63. The molecule has 1 unspecified atom stereocenters. The molecule has 0 fully saturated rings. The molecule has 84 valence electrons. The average Bonchev–Trinajstić information content (AvgIpc) is 2.74. The van der Waals surface area contributed by atoms with Gasteiger partial charge in [-0.05, 0) is 24.1 Å². The zero-order valence-corrected chi connectivity index (χ0v) is 9.67. The normalized spacial score (nSPS) is 12.7. The molecule has 0 saturated heterocycles. The SMILES string of the molecule is Cc1cc(C(O)Cc2nccs2)ccc1F. The Bertz CT molecular complexity index is 470. The Morgan fingerprint density at radius 2 is 2.31 bits per heavy atom. The predicted molar refractivity (Wildman–Crippen MR) is 61.9 cm³/mol. The molecule has 2 aromatic rings. The summed E-state index contributed by atoms with van der Waals surface area (Å²) in [6.45, 7) is 1.69. The number of aryl methyl sites for hydroxylation is 1. The van der Waals surface area contributed by atoms with Gasteiger partial charge in [-0.3, -0.25) is 0 Å². The quantitative estimate of drug-likeness (QED) is 0.890. The number of aliphatic hydroxyl groups excluding tert-OH is 1. The zero-order chi connectivity index (χ0) is 11.5. The lowest BCUT2D eigenvalue weighted by Crippen LogP contribution is -2.02. The summed E-state index contributed by atoms with van der Waals surface area (Å²) in [5.74, 6) is -0.245. The maximum absolute atomic E-state index is 13.0. The molecule has 0 amide bonds. The van der Waals surface area contributed by atoms with Crippen LogP contribution >= 0.6 is 11.3 Å². The molecule has 2 nitrogen and oxygen atoms in total. The van der Waals surface area contributed by atoms with Crippen LogP contribution in [0, 0.1) is 12.7 Å². The molecule has 0 spiro atoms. The first-order valence-electron chi connectivity index (χ1n) is 4.99. The molecule has 2 rings (SSSR count). The molecule has 1 aromatic heterocycles. The van der Waals surface area contributed by atoms with E-state index in [2.05, 4.69) is 4.98 Å². The molecule has 0 aliphatic rings. The molecule has 1 atom stereocenters. The summed E-state index contributed by atoms with van der Waals surface area (Å²) >= 11 is 1.51. The lowest BCUT2D eigenvalue weighted by molar-refractivity contribution is 0.178. The van der Waals surface area contributed by atoms with Crippen molar-refractivity contribution in [3.05, 3.63) is 51.7 Å². The van der Waals surface area contributed by atoms with Crippen LogP contribution in [0.3, 0.4) is 0 Å². The van der Waals surface area contributed by atoms with E-state index in [0.717, 1.165) is 10.6 Å². The highest BCUT2D eigenvalue weighted by Gasteiger charge is 2.11. The van der Waals surface area contributed by atoms with Crippen molar-refractivity contribution in [1.82, 2.24) is 4.98 Å². The molecule has 1 aromatic carbocycles. The van der Waals surface area contributed by atoms with Gasteiger partial charge in [-0.25, -0.2) is 9.37 Å². The lowest BCUT2D eigenvalue weighted by atomic mass is 10.0. The van der Waals surface area contributed by atoms with Gasteiger partial charge in [0.2, 0.25) is 0 Å². The van der Waals surface area contributed by atoms with Crippen molar-refractivity contribution in [2.24, 2.45) is 0 Å². The van der Waals surface area contributed by atoms with Crippen LogP contribution in [0.2, 0.25) is 0 Å². The highest BCUT2D eigenvalue weighted by molar-refractivity contribution is 7.09. The number of rotatable bonds is 3. The smallest absolute Gasteiger partial charge is 0.126 e. The molecular formula is C12H12FNOS. The molecule has 1 N–H and O–H groups in total. The molecule has 0 aliphatic carbocycles. The number of nitrogens with zero attached hydrogens (tertiary/aromatic N) is 1. The van der Waals surface area contributed by atoms with Gasteiger partial charge in [0.15, 0.2) is 0 Å². The highest BCUT2D eigenvalue weighted by atomic mass is 32.1. The second kappa shape index (κ2) is 4.72. The van der Waals surface area contributed by atoms with Crippen molar-refractivity contribution in [2.75, 3.05) is 0 Å². The third-order valence-electron chi connectivity index (χ3n) is 2.42. The van der Waals surface area contributed by atoms with Crippen molar-refractivity contribution >= 4 is 11.3 Å². The molecule has 0 aliphatic heterocycles. The van der Waals surface area contributed by atoms with E-state index in [-0.39, 0.29) is 5.82 Å². The van der Waals surface area contributed by atoms with Gasteiger partial charge in [-0.1, -0.05) is 12.1 Å². The Kier molecular flexibility index (Phi) is 3.31.